The van der Waals surface area contributed by atoms with E-state index in [2.05, 4.69) is 10.4 Å². The molecule has 0 saturated heterocycles. The standard InChI is InChI=1S/C18H14FN3O2/c1-12-6-8-13(9-7-12)22-11-10-16(23)17(21-22)18(24)20-15-5-3-2-4-14(15)19/h2-11H,1H3,(H,20,24). The maximum absolute atomic E-state index is 13.6. The van der Waals surface area contributed by atoms with E-state index in [0.29, 0.717) is 5.69 Å². The first-order valence-electron chi connectivity index (χ1n) is 7.27. The van der Waals surface area contributed by atoms with E-state index in [9.17, 15) is 14.0 Å². The number of aromatic nitrogens is 2. The van der Waals surface area contributed by atoms with Crippen molar-refractivity contribution in [3.8, 4) is 5.69 Å². The van der Waals surface area contributed by atoms with Crippen molar-refractivity contribution in [1.82, 2.24) is 9.78 Å². The lowest BCUT2D eigenvalue weighted by molar-refractivity contribution is 0.101. The minimum absolute atomic E-state index is 0.00515. The largest absolute Gasteiger partial charge is 0.318 e. The molecule has 0 radical (unpaired) electrons. The van der Waals surface area contributed by atoms with Crippen LogP contribution >= 0.6 is 0 Å². The average molecular weight is 323 g/mol. The molecule has 0 aliphatic carbocycles. The van der Waals surface area contributed by atoms with Gasteiger partial charge in [-0.15, -0.1) is 0 Å². The lowest BCUT2D eigenvalue weighted by Crippen LogP contribution is -2.25. The Labute approximate surface area is 137 Å². The molecule has 1 aromatic heterocycles. The van der Waals surface area contributed by atoms with Gasteiger partial charge in [-0.3, -0.25) is 9.59 Å². The van der Waals surface area contributed by atoms with Crippen molar-refractivity contribution < 1.29 is 9.18 Å². The quantitative estimate of drug-likeness (QED) is 0.806. The van der Waals surface area contributed by atoms with Crippen molar-refractivity contribution in [2.45, 2.75) is 6.92 Å². The van der Waals surface area contributed by atoms with Crippen molar-refractivity contribution in [2.75, 3.05) is 5.32 Å². The summed E-state index contributed by atoms with van der Waals surface area (Å²) < 4.78 is 15.1. The number of anilines is 1. The first-order valence-corrected chi connectivity index (χ1v) is 7.27. The zero-order valence-corrected chi connectivity index (χ0v) is 12.9. The van der Waals surface area contributed by atoms with Gasteiger partial charge < -0.3 is 5.32 Å². The molecule has 0 unspecified atom stereocenters. The lowest BCUT2D eigenvalue weighted by atomic mass is 10.2. The topological polar surface area (TPSA) is 64.0 Å². The van der Waals surface area contributed by atoms with Crippen molar-refractivity contribution in [3.63, 3.8) is 0 Å². The molecule has 0 spiro atoms. The van der Waals surface area contributed by atoms with Crippen molar-refractivity contribution in [1.29, 1.82) is 0 Å². The summed E-state index contributed by atoms with van der Waals surface area (Å²) in [5.41, 5.74) is 0.945. The molecule has 0 saturated carbocycles. The molecule has 24 heavy (non-hydrogen) atoms. The van der Waals surface area contributed by atoms with Crippen LogP contribution in [0, 0.1) is 12.7 Å². The van der Waals surface area contributed by atoms with Gasteiger partial charge in [0.05, 0.1) is 11.4 Å². The third-order valence-corrected chi connectivity index (χ3v) is 3.44. The molecule has 6 heteroatoms. The summed E-state index contributed by atoms with van der Waals surface area (Å²) in [5.74, 6) is -1.34. The third-order valence-electron chi connectivity index (χ3n) is 3.44. The molecule has 120 valence electrons. The van der Waals surface area contributed by atoms with Crippen LogP contribution in [-0.4, -0.2) is 15.7 Å². The second-order valence-corrected chi connectivity index (χ2v) is 5.24. The smallest absolute Gasteiger partial charge is 0.280 e. The predicted octanol–water partition coefficient (Wildman–Crippen LogP) is 2.93. The van der Waals surface area contributed by atoms with Gasteiger partial charge in [0.15, 0.2) is 5.69 Å². The fraction of sp³-hybridized carbons (Fsp3) is 0.0556. The monoisotopic (exact) mass is 323 g/mol. The first-order chi connectivity index (χ1) is 11.5. The number of nitrogens with zero attached hydrogens (tertiary/aromatic N) is 2. The summed E-state index contributed by atoms with van der Waals surface area (Å²) in [5, 5.41) is 6.43. The van der Waals surface area contributed by atoms with Crippen molar-refractivity contribution in [2.24, 2.45) is 0 Å². The molecule has 2 aromatic carbocycles. The molecule has 0 bridgehead atoms. The molecule has 3 rings (SSSR count). The number of hydrogen-bond acceptors (Lipinski definition) is 3. The van der Waals surface area contributed by atoms with Crippen LogP contribution in [0.25, 0.3) is 5.69 Å². The van der Waals surface area contributed by atoms with Crippen molar-refractivity contribution in [3.05, 3.63) is 88.1 Å². The molecule has 0 atom stereocenters. The highest BCUT2D eigenvalue weighted by Gasteiger charge is 2.15. The number of hydrogen-bond donors (Lipinski definition) is 1. The Morgan fingerprint density at radius 3 is 2.50 bits per heavy atom. The highest BCUT2D eigenvalue weighted by atomic mass is 19.1. The molecule has 1 N–H and O–H groups in total. The number of amides is 1. The van der Waals surface area contributed by atoms with Gasteiger partial charge in [0.1, 0.15) is 5.82 Å². The van der Waals surface area contributed by atoms with E-state index >= 15 is 0 Å². The number of nitrogens with one attached hydrogen (secondary N) is 1. The normalized spacial score (nSPS) is 10.4. The maximum Gasteiger partial charge on any atom is 0.280 e. The Balaban J connectivity index is 1.94. The zero-order chi connectivity index (χ0) is 17.1. The second kappa shape index (κ2) is 6.45. The Morgan fingerprint density at radius 2 is 1.79 bits per heavy atom. The predicted molar refractivity (Wildman–Crippen MR) is 88.9 cm³/mol. The number of carbonyl (C=O) groups is 1. The van der Waals surface area contributed by atoms with Crippen LogP contribution in [-0.2, 0) is 0 Å². The number of aryl methyl sites for hydroxylation is 1. The summed E-state index contributed by atoms with van der Waals surface area (Å²) >= 11 is 0. The molecule has 3 aromatic rings. The number of carbonyl (C=O) groups excluding carboxylic acids is 1. The number of halogens is 1. The molecular weight excluding hydrogens is 309 g/mol. The Kier molecular flexibility index (Phi) is 4.20. The van der Waals surface area contributed by atoms with Gasteiger partial charge in [0.25, 0.3) is 5.91 Å². The molecular formula is C18H14FN3O2. The molecule has 0 aliphatic rings. The molecule has 0 aliphatic heterocycles. The van der Waals surface area contributed by atoms with Gasteiger partial charge in [0.2, 0.25) is 5.43 Å². The molecule has 1 amide bonds. The molecule has 1 heterocycles. The van der Waals surface area contributed by atoms with Gasteiger partial charge in [-0.2, -0.15) is 5.10 Å². The van der Waals surface area contributed by atoms with E-state index in [1.807, 2.05) is 31.2 Å². The molecule has 0 fully saturated rings. The summed E-state index contributed by atoms with van der Waals surface area (Å²) in [7, 11) is 0. The van der Waals surface area contributed by atoms with E-state index < -0.39 is 17.2 Å². The van der Waals surface area contributed by atoms with Crippen molar-refractivity contribution >= 4 is 11.6 Å². The minimum atomic E-state index is -0.758. The Hall–Kier alpha value is -3.28. The Morgan fingerprint density at radius 1 is 1.08 bits per heavy atom. The van der Waals surface area contributed by atoms with Crippen LogP contribution in [0.5, 0.6) is 0 Å². The highest BCUT2D eigenvalue weighted by Crippen LogP contribution is 2.13. The van der Waals surface area contributed by atoms with Crippen LogP contribution in [0.2, 0.25) is 0 Å². The summed E-state index contributed by atoms with van der Waals surface area (Å²) in [4.78, 5) is 24.2. The Bertz CT molecular complexity index is 949. The van der Waals surface area contributed by atoms with Crippen LogP contribution in [0.1, 0.15) is 16.1 Å². The summed E-state index contributed by atoms with van der Waals surface area (Å²) in [6.07, 6.45) is 1.48. The van der Waals surface area contributed by atoms with Gasteiger partial charge >= 0.3 is 0 Å². The zero-order valence-electron chi connectivity index (χ0n) is 12.9. The van der Waals surface area contributed by atoms with E-state index in [-0.39, 0.29) is 11.4 Å². The van der Waals surface area contributed by atoms with Crippen LogP contribution in [0.4, 0.5) is 10.1 Å². The summed E-state index contributed by atoms with van der Waals surface area (Å²) in [6.45, 7) is 1.95. The van der Waals surface area contributed by atoms with E-state index in [4.69, 9.17) is 0 Å². The van der Waals surface area contributed by atoms with Gasteiger partial charge in [0, 0.05) is 12.3 Å². The maximum atomic E-state index is 13.6. The highest BCUT2D eigenvalue weighted by molar-refractivity contribution is 6.02. The van der Waals surface area contributed by atoms with E-state index in [1.54, 1.807) is 6.07 Å². The van der Waals surface area contributed by atoms with E-state index in [1.165, 1.54) is 35.1 Å². The number of para-hydroxylation sites is 1. The van der Waals surface area contributed by atoms with E-state index in [0.717, 1.165) is 5.56 Å². The SMILES string of the molecule is Cc1ccc(-n2ccc(=O)c(C(=O)Nc3ccccc3F)n2)cc1. The second-order valence-electron chi connectivity index (χ2n) is 5.24. The van der Waals surface area contributed by atoms with Gasteiger partial charge in [-0.1, -0.05) is 29.8 Å². The lowest BCUT2D eigenvalue weighted by Gasteiger charge is -2.09. The first kappa shape index (κ1) is 15.6. The van der Waals surface area contributed by atoms with Crippen LogP contribution < -0.4 is 10.7 Å². The van der Waals surface area contributed by atoms with Gasteiger partial charge in [-0.05, 0) is 31.2 Å². The number of benzene rings is 2. The minimum Gasteiger partial charge on any atom is -0.318 e. The average Bonchev–Trinajstić information content (AvgIpc) is 2.58. The fourth-order valence-electron chi connectivity index (χ4n) is 2.15. The molecule has 5 nitrogen and oxygen atoms in total. The third kappa shape index (κ3) is 3.22. The summed E-state index contributed by atoms with van der Waals surface area (Å²) in [6, 6.07) is 14.4. The number of rotatable bonds is 3. The van der Waals surface area contributed by atoms with Gasteiger partial charge in [-0.25, -0.2) is 9.07 Å². The fourth-order valence-corrected chi connectivity index (χ4v) is 2.15. The van der Waals surface area contributed by atoms with Crippen LogP contribution in [0.3, 0.4) is 0 Å². The van der Waals surface area contributed by atoms with Crippen LogP contribution in [0.15, 0.2) is 65.6 Å².